The topological polar surface area (TPSA) is 82.0 Å². The SMILES string of the molecule is NC(=O)c1ccc(-c2sncc2N)cc1. The van der Waals surface area contributed by atoms with Crippen molar-refractivity contribution in [3.63, 3.8) is 0 Å². The van der Waals surface area contributed by atoms with Crippen molar-refractivity contribution in [1.82, 2.24) is 4.37 Å². The molecule has 0 bridgehead atoms. The first-order chi connectivity index (χ1) is 7.18. The van der Waals surface area contributed by atoms with Gasteiger partial charge in [0, 0.05) is 5.56 Å². The van der Waals surface area contributed by atoms with Crippen LogP contribution < -0.4 is 11.5 Å². The number of carbonyl (C=O) groups is 1. The van der Waals surface area contributed by atoms with Crippen LogP contribution in [0.15, 0.2) is 30.5 Å². The normalized spacial score (nSPS) is 10.1. The van der Waals surface area contributed by atoms with E-state index in [0.29, 0.717) is 11.3 Å². The molecule has 5 heteroatoms. The Bertz CT molecular complexity index is 490. The van der Waals surface area contributed by atoms with E-state index < -0.39 is 5.91 Å². The maximum Gasteiger partial charge on any atom is 0.248 e. The zero-order valence-corrected chi connectivity index (χ0v) is 8.62. The summed E-state index contributed by atoms with van der Waals surface area (Å²) in [6, 6.07) is 6.97. The van der Waals surface area contributed by atoms with Gasteiger partial charge in [0.1, 0.15) is 0 Å². The van der Waals surface area contributed by atoms with E-state index in [0.717, 1.165) is 10.4 Å². The van der Waals surface area contributed by atoms with Crippen molar-refractivity contribution >= 4 is 23.1 Å². The molecule has 0 atom stereocenters. The van der Waals surface area contributed by atoms with Gasteiger partial charge in [-0.2, -0.15) is 4.37 Å². The van der Waals surface area contributed by atoms with Crippen molar-refractivity contribution in [3.05, 3.63) is 36.0 Å². The van der Waals surface area contributed by atoms with Crippen LogP contribution in [0.2, 0.25) is 0 Å². The third-order valence-corrected chi connectivity index (χ3v) is 2.89. The molecule has 0 saturated carbocycles. The first-order valence-corrected chi connectivity index (χ1v) is 5.06. The number of nitrogens with two attached hydrogens (primary N) is 2. The van der Waals surface area contributed by atoms with Gasteiger partial charge in [0.15, 0.2) is 0 Å². The number of primary amides is 1. The first-order valence-electron chi connectivity index (χ1n) is 4.29. The maximum atomic E-state index is 10.9. The van der Waals surface area contributed by atoms with Crippen molar-refractivity contribution in [3.8, 4) is 10.4 Å². The molecule has 15 heavy (non-hydrogen) atoms. The molecule has 2 aromatic rings. The van der Waals surface area contributed by atoms with E-state index >= 15 is 0 Å². The highest BCUT2D eigenvalue weighted by Gasteiger charge is 2.06. The first kappa shape index (κ1) is 9.67. The van der Waals surface area contributed by atoms with Crippen molar-refractivity contribution < 1.29 is 4.79 Å². The predicted molar refractivity (Wildman–Crippen MR) is 60.5 cm³/mol. The zero-order valence-electron chi connectivity index (χ0n) is 7.81. The molecule has 0 fully saturated rings. The van der Waals surface area contributed by atoms with Crippen LogP contribution in [0.4, 0.5) is 5.69 Å². The smallest absolute Gasteiger partial charge is 0.248 e. The molecule has 0 aliphatic carbocycles. The summed E-state index contributed by atoms with van der Waals surface area (Å²) in [5.41, 5.74) is 12.9. The van der Waals surface area contributed by atoms with Crippen LogP contribution in [0.1, 0.15) is 10.4 Å². The molecule has 0 unspecified atom stereocenters. The second-order valence-corrected chi connectivity index (χ2v) is 3.85. The average Bonchev–Trinajstić information content (AvgIpc) is 2.65. The van der Waals surface area contributed by atoms with Crippen molar-refractivity contribution in [2.75, 3.05) is 5.73 Å². The van der Waals surface area contributed by atoms with E-state index in [1.807, 2.05) is 12.1 Å². The molecule has 76 valence electrons. The van der Waals surface area contributed by atoms with Crippen molar-refractivity contribution in [2.24, 2.45) is 5.73 Å². The van der Waals surface area contributed by atoms with Gasteiger partial charge < -0.3 is 11.5 Å². The van der Waals surface area contributed by atoms with Gasteiger partial charge in [-0.25, -0.2) is 0 Å². The summed E-state index contributed by atoms with van der Waals surface area (Å²) in [6.07, 6.45) is 1.61. The van der Waals surface area contributed by atoms with Gasteiger partial charge in [0.2, 0.25) is 5.91 Å². The monoisotopic (exact) mass is 219 g/mol. The molecule has 4 N–H and O–H groups in total. The number of nitrogen functional groups attached to an aromatic ring is 1. The number of benzene rings is 1. The largest absolute Gasteiger partial charge is 0.396 e. The number of amides is 1. The Morgan fingerprint density at radius 2 is 1.93 bits per heavy atom. The average molecular weight is 219 g/mol. The fourth-order valence-corrected chi connectivity index (χ4v) is 1.92. The lowest BCUT2D eigenvalue weighted by Crippen LogP contribution is -2.10. The summed E-state index contributed by atoms with van der Waals surface area (Å²) in [5.74, 6) is -0.432. The minimum absolute atomic E-state index is 0.432. The van der Waals surface area contributed by atoms with E-state index in [1.54, 1.807) is 18.3 Å². The molecule has 2 rings (SSSR count). The fourth-order valence-electron chi connectivity index (χ4n) is 1.25. The molecule has 1 amide bonds. The molecule has 0 aliphatic rings. The number of anilines is 1. The second-order valence-electron chi connectivity index (χ2n) is 3.05. The van der Waals surface area contributed by atoms with E-state index in [2.05, 4.69) is 4.37 Å². The summed E-state index contributed by atoms with van der Waals surface area (Å²) >= 11 is 1.33. The summed E-state index contributed by atoms with van der Waals surface area (Å²) in [7, 11) is 0. The summed E-state index contributed by atoms with van der Waals surface area (Å²) in [5, 5.41) is 0. The van der Waals surface area contributed by atoms with Crippen molar-refractivity contribution in [1.29, 1.82) is 0 Å². The van der Waals surface area contributed by atoms with Crippen LogP contribution >= 0.6 is 11.5 Å². The van der Waals surface area contributed by atoms with Gasteiger partial charge in [-0.15, -0.1) is 0 Å². The Hall–Kier alpha value is -1.88. The number of nitrogens with zero attached hydrogens (tertiary/aromatic N) is 1. The molecule has 0 saturated heterocycles. The Labute approximate surface area is 90.7 Å². The second kappa shape index (κ2) is 3.70. The highest BCUT2D eigenvalue weighted by molar-refractivity contribution is 7.10. The Morgan fingerprint density at radius 1 is 1.27 bits per heavy atom. The lowest BCUT2D eigenvalue weighted by molar-refractivity contribution is 0.100. The van der Waals surface area contributed by atoms with Gasteiger partial charge in [-0.1, -0.05) is 12.1 Å². The van der Waals surface area contributed by atoms with Crippen LogP contribution in [0, 0.1) is 0 Å². The molecule has 1 aromatic heterocycles. The van der Waals surface area contributed by atoms with E-state index in [-0.39, 0.29) is 0 Å². The van der Waals surface area contributed by atoms with Crippen LogP contribution in [0.25, 0.3) is 10.4 Å². The summed E-state index contributed by atoms with van der Waals surface area (Å²) < 4.78 is 3.98. The molecule has 0 radical (unpaired) electrons. The highest BCUT2D eigenvalue weighted by Crippen LogP contribution is 2.29. The summed E-state index contributed by atoms with van der Waals surface area (Å²) in [6.45, 7) is 0. The van der Waals surface area contributed by atoms with Gasteiger partial charge in [-0.05, 0) is 29.2 Å². The third-order valence-electron chi connectivity index (χ3n) is 2.03. The van der Waals surface area contributed by atoms with E-state index in [1.165, 1.54) is 11.5 Å². The Kier molecular flexibility index (Phi) is 2.39. The minimum atomic E-state index is -0.432. The van der Waals surface area contributed by atoms with Crippen LogP contribution in [-0.4, -0.2) is 10.3 Å². The third kappa shape index (κ3) is 1.82. The fraction of sp³-hybridized carbons (Fsp3) is 0. The lowest BCUT2D eigenvalue weighted by atomic mass is 10.1. The molecular formula is C10H9N3OS. The van der Waals surface area contributed by atoms with Crippen LogP contribution in [0.5, 0.6) is 0 Å². The Balaban J connectivity index is 2.40. The Morgan fingerprint density at radius 3 is 2.40 bits per heavy atom. The zero-order chi connectivity index (χ0) is 10.8. The lowest BCUT2D eigenvalue weighted by Gasteiger charge is -1.99. The minimum Gasteiger partial charge on any atom is -0.396 e. The standard InChI is InChI=1S/C10H9N3OS/c11-8-5-13-15-9(8)6-1-3-7(4-2-6)10(12)14/h1-5H,11H2,(H2,12,14). The molecular weight excluding hydrogens is 210 g/mol. The molecule has 4 nitrogen and oxygen atoms in total. The molecule has 0 spiro atoms. The van der Waals surface area contributed by atoms with Gasteiger partial charge in [0.05, 0.1) is 16.8 Å². The molecule has 0 aliphatic heterocycles. The quantitative estimate of drug-likeness (QED) is 0.802. The summed E-state index contributed by atoms with van der Waals surface area (Å²) in [4.78, 5) is 11.8. The van der Waals surface area contributed by atoms with E-state index in [9.17, 15) is 4.79 Å². The number of rotatable bonds is 2. The number of aromatic nitrogens is 1. The maximum absolute atomic E-state index is 10.9. The number of carbonyl (C=O) groups excluding carboxylic acids is 1. The number of hydrogen-bond acceptors (Lipinski definition) is 4. The highest BCUT2D eigenvalue weighted by atomic mass is 32.1. The molecule has 1 aromatic carbocycles. The van der Waals surface area contributed by atoms with Gasteiger partial charge in [-0.3, -0.25) is 4.79 Å². The number of hydrogen-bond donors (Lipinski definition) is 2. The molecule has 1 heterocycles. The predicted octanol–water partition coefficient (Wildman–Crippen LogP) is 1.49. The van der Waals surface area contributed by atoms with Crippen LogP contribution in [0.3, 0.4) is 0 Å². The van der Waals surface area contributed by atoms with Crippen molar-refractivity contribution in [2.45, 2.75) is 0 Å². The van der Waals surface area contributed by atoms with Gasteiger partial charge in [0.25, 0.3) is 0 Å². The van der Waals surface area contributed by atoms with Crippen LogP contribution in [-0.2, 0) is 0 Å². The van der Waals surface area contributed by atoms with Gasteiger partial charge >= 0.3 is 0 Å². The van der Waals surface area contributed by atoms with E-state index in [4.69, 9.17) is 11.5 Å².